The normalized spacial score (nSPS) is 21.4. The molecule has 2 fully saturated rings. The average molecular weight is 467 g/mol. The highest BCUT2D eigenvalue weighted by Crippen LogP contribution is 2.48. The number of carbonyl (C=O) groups excluding carboxylic acids is 1. The van der Waals surface area contributed by atoms with Gasteiger partial charge in [-0.3, -0.25) is 4.79 Å². The van der Waals surface area contributed by atoms with Crippen LogP contribution >= 0.6 is 0 Å². The van der Waals surface area contributed by atoms with Gasteiger partial charge in [0, 0.05) is 30.0 Å². The molecule has 2 aromatic rings. The van der Waals surface area contributed by atoms with Crippen molar-refractivity contribution in [2.24, 2.45) is 11.8 Å². The molecule has 0 bridgehead atoms. The highest BCUT2D eigenvalue weighted by molar-refractivity contribution is 5.92. The first kappa shape index (κ1) is 24.9. The molecule has 34 heavy (non-hydrogen) atoms. The van der Waals surface area contributed by atoms with E-state index in [2.05, 4.69) is 40.0 Å². The molecular formula is C28H42N4O2. The SMILES string of the molecule is Cc1ccc(NC(=O)C[C@@H](CC(C)(C)O)c2nnc(C3CC(CC(C)C)C3)n2C2CC2)c(C)c1. The zero-order valence-electron chi connectivity index (χ0n) is 21.8. The summed E-state index contributed by atoms with van der Waals surface area (Å²) >= 11 is 0. The van der Waals surface area contributed by atoms with E-state index in [1.54, 1.807) is 0 Å². The molecule has 0 aliphatic heterocycles. The quantitative estimate of drug-likeness (QED) is 0.447. The summed E-state index contributed by atoms with van der Waals surface area (Å²) in [4.78, 5) is 13.1. The van der Waals surface area contributed by atoms with E-state index in [1.165, 1.54) is 24.8 Å². The summed E-state index contributed by atoms with van der Waals surface area (Å²) in [7, 11) is 0. The zero-order chi connectivity index (χ0) is 24.6. The van der Waals surface area contributed by atoms with Crippen molar-refractivity contribution in [3.05, 3.63) is 41.0 Å². The fraction of sp³-hybridized carbons (Fsp3) is 0.679. The van der Waals surface area contributed by atoms with Crippen molar-refractivity contribution in [3.63, 3.8) is 0 Å². The maximum Gasteiger partial charge on any atom is 0.225 e. The lowest BCUT2D eigenvalue weighted by Crippen LogP contribution is -2.28. The molecule has 1 aromatic carbocycles. The van der Waals surface area contributed by atoms with Crippen LogP contribution in [0, 0.1) is 25.7 Å². The maximum absolute atomic E-state index is 13.1. The lowest BCUT2D eigenvalue weighted by molar-refractivity contribution is -0.116. The van der Waals surface area contributed by atoms with E-state index in [1.807, 2.05) is 39.8 Å². The summed E-state index contributed by atoms with van der Waals surface area (Å²) in [5.74, 6) is 3.74. The molecule has 1 atom stereocenters. The average Bonchev–Trinajstić information content (AvgIpc) is 3.43. The number of anilines is 1. The molecule has 0 radical (unpaired) electrons. The molecule has 6 heteroatoms. The van der Waals surface area contributed by atoms with Crippen LogP contribution < -0.4 is 5.32 Å². The van der Waals surface area contributed by atoms with Crippen LogP contribution in [0.25, 0.3) is 0 Å². The van der Waals surface area contributed by atoms with Crippen LogP contribution in [0.15, 0.2) is 18.2 Å². The van der Waals surface area contributed by atoms with E-state index in [4.69, 9.17) is 0 Å². The monoisotopic (exact) mass is 466 g/mol. The molecule has 0 saturated heterocycles. The minimum absolute atomic E-state index is 0.0475. The number of nitrogens with zero attached hydrogens (tertiary/aromatic N) is 3. The number of amides is 1. The molecule has 0 unspecified atom stereocenters. The number of rotatable bonds is 10. The Balaban J connectivity index is 1.54. The van der Waals surface area contributed by atoms with Gasteiger partial charge in [-0.1, -0.05) is 31.5 Å². The Morgan fingerprint density at radius 3 is 2.50 bits per heavy atom. The highest BCUT2D eigenvalue weighted by Gasteiger charge is 2.40. The predicted molar refractivity (Wildman–Crippen MR) is 136 cm³/mol. The summed E-state index contributed by atoms with van der Waals surface area (Å²) in [5, 5.41) is 23.1. The van der Waals surface area contributed by atoms with Gasteiger partial charge in [0.05, 0.1) is 5.60 Å². The van der Waals surface area contributed by atoms with Crippen LogP contribution in [0.3, 0.4) is 0 Å². The molecule has 4 rings (SSSR count). The molecule has 6 nitrogen and oxygen atoms in total. The first-order chi connectivity index (χ1) is 16.0. The van der Waals surface area contributed by atoms with Crippen molar-refractivity contribution in [1.82, 2.24) is 14.8 Å². The molecular weight excluding hydrogens is 424 g/mol. The van der Waals surface area contributed by atoms with E-state index in [0.29, 0.717) is 18.4 Å². The van der Waals surface area contributed by atoms with Gasteiger partial charge in [0.1, 0.15) is 11.6 Å². The van der Waals surface area contributed by atoms with Gasteiger partial charge in [-0.05, 0) is 89.7 Å². The first-order valence-electron chi connectivity index (χ1n) is 13.0. The number of aromatic nitrogens is 3. The molecule has 2 saturated carbocycles. The second-order valence-electron chi connectivity index (χ2n) is 12.0. The summed E-state index contributed by atoms with van der Waals surface area (Å²) < 4.78 is 2.34. The van der Waals surface area contributed by atoms with Gasteiger partial charge in [0.2, 0.25) is 5.91 Å². The maximum atomic E-state index is 13.1. The van der Waals surface area contributed by atoms with Crippen LogP contribution in [-0.4, -0.2) is 31.4 Å². The molecule has 2 aliphatic carbocycles. The molecule has 186 valence electrons. The Bertz CT molecular complexity index is 1010. The van der Waals surface area contributed by atoms with E-state index in [-0.39, 0.29) is 18.2 Å². The van der Waals surface area contributed by atoms with Crippen molar-refractivity contribution in [1.29, 1.82) is 0 Å². The van der Waals surface area contributed by atoms with Crippen LogP contribution in [0.2, 0.25) is 0 Å². The Hall–Kier alpha value is -2.21. The van der Waals surface area contributed by atoms with Gasteiger partial charge in [0.15, 0.2) is 0 Å². The van der Waals surface area contributed by atoms with Crippen molar-refractivity contribution < 1.29 is 9.90 Å². The summed E-state index contributed by atoms with van der Waals surface area (Å²) in [6.07, 6.45) is 6.69. The Labute approximate surface area is 204 Å². The first-order valence-corrected chi connectivity index (χ1v) is 13.0. The Morgan fingerprint density at radius 1 is 1.21 bits per heavy atom. The Morgan fingerprint density at radius 2 is 1.91 bits per heavy atom. The number of aryl methyl sites for hydroxylation is 2. The topological polar surface area (TPSA) is 80.0 Å². The lowest BCUT2D eigenvalue weighted by Gasteiger charge is -2.36. The zero-order valence-corrected chi connectivity index (χ0v) is 21.8. The van der Waals surface area contributed by atoms with Crippen molar-refractivity contribution in [2.75, 3.05) is 5.32 Å². The molecule has 2 aliphatic rings. The van der Waals surface area contributed by atoms with Gasteiger partial charge in [-0.2, -0.15) is 0 Å². The number of hydrogen-bond acceptors (Lipinski definition) is 4. The smallest absolute Gasteiger partial charge is 0.225 e. The van der Waals surface area contributed by atoms with Crippen molar-refractivity contribution in [2.45, 2.75) is 110 Å². The van der Waals surface area contributed by atoms with E-state index in [9.17, 15) is 9.90 Å². The largest absolute Gasteiger partial charge is 0.390 e. The van der Waals surface area contributed by atoms with Crippen molar-refractivity contribution >= 4 is 11.6 Å². The molecule has 1 aromatic heterocycles. The van der Waals surface area contributed by atoms with Crippen LogP contribution in [-0.2, 0) is 4.79 Å². The minimum Gasteiger partial charge on any atom is -0.390 e. The number of benzene rings is 1. The van der Waals surface area contributed by atoms with Crippen LogP contribution in [0.4, 0.5) is 5.69 Å². The van der Waals surface area contributed by atoms with Gasteiger partial charge in [-0.15, -0.1) is 10.2 Å². The Kier molecular flexibility index (Phi) is 7.18. The summed E-state index contributed by atoms with van der Waals surface area (Å²) in [6, 6.07) is 6.49. The number of aliphatic hydroxyl groups is 1. The van der Waals surface area contributed by atoms with E-state index >= 15 is 0 Å². The third-order valence-electron chi connectivity index (χ3n) is 7.27. The minimum atomic E-state index is -0.899. The number of hydrogen-bond donors (Lipinski definition) is 2. The van der Waals surface area contributed by atoms with E-state index < -0.39 is 5.60 Å². The van der Waals surface area contributed by atoms with Crippen molar-refractivity contribution in [3.8, 4) is 0 Å². The molecule has 2 N–H and O–H groups in total. The van der Waals surface area contributed by atoms with Gasteiger partial charge in [-0.25, -0.2) is 0 Å². The van der Waals surface area contributed by atoms with Gasteiger partial charge in [0.25, 0.3) is 0 Å². The number of carbonyl (C=O) groups is 1. The fourth-order valence-corrected chi connectivity index (χ4v) is 5.62. The second-order valence-corrected chi connectivity index (χ2v) is 12.0. The van der Waals surface area contributed by atoms with Gasteiger partial charge >= 0.3 is 0 Å². The van der Waals surface area contributed by atoms with Crippen LogP contribution in [0.5, 0.6) is 0 Å². The summed E-state index contributed by atoms with van der Waals surface area (Å²) in [5.41, 5.74) is 2.17. The lowest BCUT2D eigenvalue weighted by atomic mass is 9.71. The molecule has 1 amide bonds. The molecule has 0 spiro atoms. The fourth-order valence-electron chi connectivity index (χ4n) is 5.62. The van der Waals surface area contributed by atoms with Gasteiger partial charge < -0.3 is 15.0 Å². The van der Waals surface area contributed by atoms with E-state index in [0.717, 1.165) is 47.6 Å². The molecule has 1 heterocycles. The highest BCUT2D eigenvalue weighted by atomic mass is 16.3. The third kappa shape index (κ3) is 6.07. The number of nitrogens with one attached hydrogen (secondary N) is 1. The summed E-state index contributed by atoms with van der Waals surface area (Å²) in [6.45, 7) is 12.3. The van der Waals surface area contributed by atoms with Crippen LogP contribution in [0.1, 0.15) is 113 Å². The standard InChI is InChI=1S/C28H42N4O2/c1-17(2)11-20-13-21(14-20)26-30-31-27(32(26)23-8-9-23)22(16-28(5,6)34)15-25(33)29-24-10-7-18(3)12-19(24)4/h7,10,12,17,20-23,34H,8-9,11,13-16H2,1-6H3,(H,29,33)/t20?,21?,22-/m0/s1. The second kappa shape index (κ2) is 9.80. The predicted octanol–water partition coefficient (Wildman–Crippen LogP) is 6.04. The third-order valence-corrected chi connectivity index (χ3v) is 7.27.